The number of rotatable bonds is 4. The van der Waals surface area contributed by atoms with E-state index in [9.17, 15) is 24.1 Å². The van der Waals surface area contributed by atoms with Crippen LogP contribution in [0.1, 0.15) is 15.9 Å². The Morgan fingerprint density at radius 3 is 2.75 bits per heavy atom. The highest BCUT2D eigenvalue weighted by Crippen LogP contribution is 2.22. The van der Waals surface area contributed by atoms with Crippen molar-refractivity contribution in [2.75, 3.05) is 7.11 Å². The molecule has 0 aliphatic heterocycles. The summed E-state index contributed by atoms with van der Waals surface area (Å²) in [6, 6.07) is 8.12. The summed E-state index contributed by atoms with van der Waals surface area (Å²) in [5, 5.41) is 11.1. The number of nitro groups is 1. The van der Waals surface area contributed by atoms with Gasteiger partial charge in [-0.3, -0.25) is 19.7 Å². The van der Waals surface area contributed by atoms with Crippen molar-refractivity contribution in [1.29, 1.82) is 0 Å². The summed E-state index contributed by atoms with van der Waals surface area (Å²) in [5.41, 5.74) is 0.580. The van der Waals surface area contributed by atoms with Crippen molar-refractivity contribution >= 4 is 39.1 Å². The molecule has 0 aliphatic carbocycles. The van der Waals surface area contributed by atoms with E-state index in [1.54, 1.807) is 0 Å². The maximum absolute atomic E-state index is 13.6. The van der Waals surface area contributed by atoms with Crippen molar-refractivity contribution in [2.24, 2.45) is 4.99 Å². The lowest BCUT2D eigenvalue weighted by atomic mass is 10.1. The van der Waals surface area contributed by atoms with Crippen LogP contribution in [0.4, 0.5) is 10.1 Å². The molecule has 1 amide bonds. The monoisotopic (exact) mass is 403 g/mol. The van der Waals surface area contributed by atoms with Crippen LogP contribution in [0.15, 0.2) is 41.4 Å². The lowest BCUT2D eigenvalue weighted by molar-refractivity contribution is -0.385. The van der Waals surface area contributed by atoms with Crippen LogP contribution in [0.3, 0.4) is 0 Å². The number of fused-ring (bicyclic) bond motifs is 1. The number of amides is 1. The summed E-state index contributed by atoms with van der Waals surface area (Å²) in [7, 11) is 1.23. The summed E-state index contributed by atoms with van der Waals surface area (Å²) in [6.07, 6.45) is 0. The largest absolute Gasteiger partial charge is 0.468 e. The standard InChI is InChI=1S/C18H14FN3O5S/c1-10-12(4-3-5-13(10)22(25)26)17(24)20-18-21(9-16(23)27-2)14-7-6-11(19)8-15(14)28-18/h3-8H,9H2,1-2H3. The van der Waals surface area contributed by atoms with Gasteiger partial charge in [-0.1, -0.05) is 17.4 Å². The third-order valence-corrected chi connectivity index (χ3v) is 5.13. The summed E-state index contributed by atoms with van der Waals surface area (Å²) >= 11 is 1.02. The maximum atomic E-state index is 13.6. The second-order valence-corrected chi connectivity index (χ2v) is 6.79. The number of nitro benzene ring substituents is 1. The van der Waals surface area contributed by atoms with Crippen molar-refractivity contribution < 1.29 is 23.6 Å². The highest BCUT2D eigenvalue weighted by molar-refractivity contribution is 7.16. The molecule has 0 spiro atoms. The molecule has 0 atom stereocenters. The van der Waals surface area contributed by atoms with Gasteiger partial charge in [-0.05, 0) is 31.2 Å². The third-order valence-electron chi connectivity index (χ3n) is 4.09. The Labute approximate surface area is 161 Å². The molecule has 144 valence electrons. The van der Waals surface area contributed by atoms with Gasteiger partial charge in [0.2, 0.25) is 0 Å². The van der Waals surface area contributed by atoms with Gasteiger partial charge < -0.3 is 9.30 Å². The summed E-state index contributed by atoms with van der Waals surface area (Å²) in [6.45, 7) is 1.24. The van der Waals surface area contributed by atoms with Gasteiger partial charge in [-0.2, -0.15) is 4.99 Å². The molecule has 0 saturated carbocycles. The predicted octanol–water partition coefficient (Wildman–Crippen LogP) is 2.97. The first-order valence-corrected chi connectivity index (χ1v) is 8.82. The molecule has 0 unspecified atom stereocenters. The van der Waals surface area contributed by atoms with E-state index in [1.807, 2.05) is 0 Å². The molecular formula is C18H14FN3O5S. The number of carbonyl (C=O) groups excluding carboxylic acids is 2. The Bertz CT molecular complexity index is 1180. The number of thiazole rings is 1. The smallest absolute Gasteiger partial charge is 0.325 e. The second kappa shape index (κ2) is 7.69. The number of nitrogens with zero attached hydrogens (tertiary/aromatic N) is 3. The lowest BCUT2D eigenvalue weighted by Crippen LogP contribution is -2.22. The van der Waals surface area contributed by atoms with E-state index < -0.39 is 22.6 Å². The van der Waals surface area contributed by atoms with Crippen molar-refractivity contribution in [3.63, 3.8) is 0 Å². The fourth-order valence-electron chi connectivity index (χ4n) is 2.68. The SMILES string of the molecule is COC(=O)Cn1c(=NC(=O)c2cccc([N+](=O)[O-])c2C)sc2cc(F)ccc21. The van der Waals surface area contributed by atoms with Crippen LogP contribution in [0.25, 0.3) is 10.2 Å². The minimum absolute atomic E-state index is 0.0717. The highest BCUT2D eigenvalue weighted by Gasteiger charge is 2.18. The lowest BCUT2D eigenvalue weighted by Gasteiger charge is -2.04. The van der Waals surface area contributed by atoms with E-state index in [2.05, 4.69) is 9.73 Å². The highest BCUT2D eigenvalue weighted by atomic mass is 32.1. The topological polar surface area (TPSA) is 104 Å². The van der Waals surface area contributed by atoms with Crippen molar-refractivity contribution in [1.82, 2.24) is 4.57 Å². The van der Waals surface area contributed by atoms with E-state index >= 15 is 0 Å². The summed E-state index contributed by atoms with van der Waals surface area (Å²) in [5.74, 6) is -1.73. The Hall–Kier alpha value is -3.40. The minimum atomic E-state index is -0.702. The minimum Gasteiger partial charge on any atom is -0.468 e. The number of methoxy groups -OCH3 is 1. The first-order valence-electron chi connectivity index (χ1n) is 8.00. The maximum Gasteiger partial charge on any atom is 0.325 e. The molecule has 3 aromatic rings. The first kappa shape index (κ1) is 19.4. The van der Waals surface area contributed by atoms with Gasteiger partial charge in [0.1, 0.15) is 12.4 Å². The number of benzene rings is 2. The van der Waals surface area contributed by atoms with Gasteiger partial charge in [0.25, 0.3) is 11.6 Å². The van der Waals surface area contributed by atoms with Crippen molar-refractivity contribution in [3.05, 3.63) is 68.3 Å². The van der Waals surface area contributed by atoms with Crippen molar-refractivity contribution in [2.45, 2.75) is 13.5 Å². The number of aromatic nitrogens is 1. The molecule has 0 saturated heterocycles. The Morgan fingerprint density at radius 1 is 1.32 bits per heavy atom. The molecular weight excluding hydrogens is 389 g/mol. The number of hydrogen-bond acceptors (Lipinski definition) is 6. The van der Waals surface area contributed by atoms with Crippen LogP contribution in [-0.4, -0.2) is 28.5 Å². The van der Waals surface area contributed by atoms with E-state index in [4.69, 9.17) is 0 Å². The Balaban J connectivity index is 2.17. The fraction of sp³-hybridized carbons (Fsp3) is 0.167. The zero-order valence-corrected chi connectivity index (χ0v) is 15.7. The van der Waals surface area contributed by atoms with E-state index in [0.717, 1.165) is 11.3 Å². The Kier molecular flexibility index (Phi) is 5.32. The molecule has 2 aromatic carbocycles. The molecule has 3 rings (SSSR count). The Morgan fingerprint density at radius 2 is 2.07 bits per heavy atom. The van der Waals surface area contributed by atoms with Crippen molar-refractivity contribution in [3.8, 4) is 0 Å². The van der Waals surface area contributed by atoms with Crippen LogP contribution >= 0.6 is 11.3 Å². The first-order chi connectivity index (χ1) is 13.3. The van der Waals surface area contributed by atoms with E-state index in [1.165, 1.54) is 55.0 Å². The van der Waals surface area contributed by atoms with Crippen LogP contribution in [0, 0.1) is 22.9 Å². The fourth-order valence-corrected chi connectivity index (χ4v) is 3.73. The third kappa shape index (κ3) is 3.67. The molecule has 1 aromatic heterocycles. The summed E-state index contributed by atoms with van der Waals surface area (Å²) in [4.78, 5) is 39.1. The number of hydrogen-bond donors (Lipinski definition) is 0. The number of ether oxygens (including phenoxy) is 1. The second-order valence-electron chi connectivity index (χ2n) is 5.78. The average molecular weight is 403 g/mol. The van der Waals surface area contributed by atoms with Gasteiger partial charge in [0.05, 0.1) is 27.8 Å². The van der Waals surface area contributed by atoms with Gasteiger partial charge in [0.15, 0.2) is 4.80 Å². The molecule has 1 heterocycles. The molecule has 28 heavy (non-hydrogen) atoms. The van der Waals surface area contributed by atoms with Gasteiger partial charge in [-0.15, -0.1) is 0 Å². The molecule has 0 N–H and O–H groups in total. The molecule has 8 nitrogen and oxygen atoms in total. The number of halogens is 1. The van der Waals surface area contributed by atoms with Crippen LogP contribution in [0.5, 0.6) is 0 Å². The van der Waals surface area contributed by atoms with E-state index in [0.29, 0.717) is 10.2 Å². The number of carbonyl (C=O) groups is 2. The predicted molar refractivity (Wildman–Crippen MR) is 99.5 cm³/mol. The zero-order valence-electron chi connectivity index (χ0n) is 14.8. The molecule has 0 radical (unpaired) electrons. The van der Waals surface area contributed by atoms with E-state index in [-0.39, 0.29) is 28.2 Å². The van der Waals surface area contributed by atoms with Crippen LogP contribution in [0.2, 0.25) is 0 Å². The molecule has 0 bridgehead atoms. The average Bonchev–Trinajstić information content (AvgIpc) is 2.97. The van der Waals surface area contributed by atoms with Gasteiger partial charge >= 0.3 is 5.97 Å². The quantitative estimate of drug-likeness (QED) is 0.378. The normalized spacial score (nSPS) is 11.6. The molecule has 0 aliphatic rings. The van der Waals surface area contributed by atoms with Crippen LogP contribution in [-0.2, 0) is 16.1 Å². The summed E-state index contributed by atoms with van der Waals surface area (Å²) < 4.78 is 20.2. The van der Waals surface area contributed by atoms with Gasteiger partial charge in [0, 0.05) is 11.6 Å². The zero-order chi connectivity index (χ0) is 20.4. The molecule has 10 heteroatoms. The molecule has 0 fully saturated rings. The van der Waals surface area contributed by atoms with Gasteiger partial charge in [-0.25, -0.2) is 4.39 Å². The number of esters is 1. The van der Waals surface area contributed by atoms with Crippen LogP contribution < -0.4 is 4.80 Å².